The molecule has 0 aliphatic heterocycles. The predicted molar refractivity (Wildman–Crippen MR) is 75.2 cm³/mol. The molecule has 2 rings (SSSR count). The molecule has 2 nitrogen and oxygen atoms in total. The summed E-state index contributed by atoms with van der Waals surface area (Å²) in [6.45, 7) is 2.00. The van der Waals surface area contributed by atoms with Gasteiger partial charge < -0.3 is 5.32 Å². The van der Waals surface area contributed by atoms with Gasteiger partial charge >= 0.3 is 0 Å². The highest BCUT2D eigenvalue weighted by atomic mass is 79.9. The van der Waals surface area contributed by atoms with E-state index in [4.69, 9.17) is 5.26 Å². The van der Waals surface area contributed by atoms with Crippen LogP contribution in [0.2, 0.25) is 0 Å². The lowest BCUT2D eigenvalue weighted by Crippen LogP contribution is -2.06. The van der Waals surface area contributed by atoms with Gasteiger partial charge in [-0.3, -0.25) is 0 Å². The first kappa shape index (κ1) is 13.1. The van der Waals surface area contributed by atoms with Crippen molar-refractivity contribution in [2.75, 3.05) is 5.32 Å². The second-order valence-electron chi connectivity index (χ2n) is 3.84. The highest BCUT2D eigenvalue weighted by Gasteiger charge is 2.10. The van der Waals surface area contributed by atoms with Crippen LogP contribution in [0.1, 0.15) is 23.4 Å². The van der Waals surface area contributed by atoms with Crippen LogP contribution in [0.25, 0.3) is 0 Å². The van der Waals surface area contributed by atoms with Gasteiger partial charge in [0, 0.05) is 14.7 Å². The maximum absolute atomic E-state index is 13.0. The van der Waals surface area contributed by atoms with Crippen molar-refractivity contribution in [1.82, 2.24) is 0 Å². The van der Waals surface area contributed by atoms with E-state index in [-0.39, 0.29) is 6.04 Å². The lowest BCUT2D eigenvalue weighted by Gasteiger charge is -2.14. The maximum Gasteiger partial charge on any atom is 0.124 e. The first-order valence-electron chi connectivity index (χ1n) is 5.30. The molecule has 0 aliphatic carbocycles. The molecule has 0 amide bonds. The van der Waals surface area contributed by atoms with Crippen LogP contribution in [0.3, 0.4) is 0 Å². The van der Waals surface area contributed by atoms with Crippen LogP contribution in [-0.2, 0) is 0 Å². The predicted octanol–water partition coefficient (Wildman–Crippen LogP) is 4.69. The summed E-state index contributed by atoms with van der Waals surface area (Å²) in [4.78, 5) is 1.15. The minimum atomic E-state index is -0.399. The molecule has 5 heteroatoms. The third kappa shape index (κ3) is 2.89. The van der Waals surface area contributed by atoms with Gasteiger partial charge in [-0.05, 0) is 47.1 Å². The third-order valence-electron chi connectivity index (χ3n) is 2.49. The molecule has 0 saturated heterocycles. The number of halogens is 2. The molecule has 1 aromatic heterocycles. The Labute approximate surface area is 117 Å². The monoisotopic (exact) mass is 324 g/mol. The first-order valence-corrected chi connectivity index (χ1v) is 6.97. The largest absolute Gasteiger partial charge is 0.377 e. The summed E-state index contributed by atoms with van der Waals surface area (Å²) in [5.74, 6) is -0.399. The molecule has 0 aliphatic rings. The van der Waals surface area contributed by atoms with Crippen LogP contribution < -0.4 is 5.32 Å². The number of hydrogen-bond acceptors (Lipinski definition) is 3. The van der Waals surface area contributed by atoms with Gasteiger partial charge in [0.2, 0.25) is 0 Å². The normalized spacial score (nSPS) is 11.9. The zero-order valence-electron chi connectivity index (χ0n) is 9.58. The number of nitriles is 1. The van der Waals surface area contributed by atoms with Gasteiger partial charge in [0.25, 0.3) is 0 Å². The van der Waals surface area contributed by atoms with Gasteiger partial charge in [-0.1, -0.05) is 0 Å². The Kier molecular flexibility index (Phi) is 4.00. The molecule has 92 valence electrons. The van der Waals surface area contributed by atoms with Gasteiger partial charge in [0.15, 0.2) is 0 Å². The van der Waals surface area contributed by atoms with Gasteiger partial charge in [-0.25, -0.2) is 4.39 Å². The number of rotatable bonds is 3. The Morgan fingerprint density at radius 2 is 2.22 bits per heavy atom. The van der Waals surface area contributed by atoms with Crippen molar-refractivity contribution in [1.29, 1.82) is 5.26 Å². The van der Waals surface area contributed by atoms with E-state index in [0.29, 0.717) is 11.3 Å². The molecule has 1 unspecified atom stereocenters. The van der Waals surface area contributed by atoms with E-state index in [2.05, 4.69) is 21.2 Å². The van der Waals surface area contributed by atoms with E-state index in [9.17, 15) is 4.39 Å². The quantitative estimate of drug-likeness (QED) is 0.888. The van der Waals surface area contributed by atoms with E-state index in [0.717, 1.165) is 9.35 Å². The molecule has 1 heterocycles. The molecule has 1 atom stereocenters. The van der Waals surface area contributed by atoms with Crippen molar-refractivity contribution in [3.8, 4) is 6.07 Å². The molecule has 1 aromatic carbocycles. The molecule has 18 heavy (non-hydrogen) atoms. The van der Waals surface area contributed by atoms with Crippen LogP contribution in [0.4, 0.5) is 10.1 Å². The fourth-order valence-corrected chi connectivity index (χ4v) is 3.05. The van der Waals surface area contributed by atoms with E-state index in [1.165, 1.54) is 12.1 Å². The summed E-state index contributed by atoms with van der Waals surface area (Å²) in [6.07, 6.45) is 0. The lowest BCUT2D eigenvalue weighted by molar-refractivity contribution is 0.627. The van der Waals surface area contributed by atoms with E-state index < -0.39 is 5.82 Å². The topological polar surface area (TPSA) is 35.8 Å². The lowest BCUT2D eigenvalue weighted by atomic mass is 10.1. The zero-order chi connectivity index (χ0) is 13.1. The summed E-state index contributed by atoms with van der Waals surface area (Å²) in [5, 5.41) is 14.2. The molecule has 0 radical (unpaired) electrons. The molecular weight excluding hydrogens is 315 g/mol. The van der Waals surface area contributed by atoms with Crippen LogP contribution in [-0.4, -0.2) is 0 Å². The Hall–Kier alpha value is -1.38. The average molecular weight is 325 g/mol. The van der Waals surface area contributed by atoms with Crippen molar-refractivity contribution in [3.63, 3.8) is 0 Å². The van der Waals surface area contributed by atoms with Crippen LogP contribution in [0, 0.1) is 17.1 Å². The molecular formula is C13H10BrFN2S. The highest BCUT2D eigenvalue weighted by molar-refractivity contribution is 9.10. The fourth-order valence-electron chi connectivity index (χ4n) is 1.59. The van der Waals surface area contributed by atoms with E-state index >= 15 is 0 Å². The number of thiophene rings is 1. The summed E-state index contributed by atoms with van der Waals surface area (Å²) in [5.41, 5.74) is 0.966. The van der Waals surface area contributed by atoms with Crippen molar-refractivity contribution < 1.29 is 4.39 Å². The Balaban J connectivity index is 2.22. The minimum Gasteiger partial charge on any atom is -0.377 e. The molecule has 0 fully saturated rings. The van der Waals surface area contributed by atoms with E-state index in [1.54, 1.807) is 17.4 Å². The van der Waals surface area contributed by atoms with Gasteiger partial charge in [0.1, 0.15) is 11.9 Å². The van der Waals surface area contributed by atoms with Crippen molar-refractivity contribution >= 4 is 33.0 Å². The van der Waals surface area contributed by atoms with Crippen LogP contribution in [0.5, 0.6) is 0 Å². The second kappa shape index (κ2) is 5.51. The second-order valence-corrected chi connectivity index (χ2v) is 5.69. The summed E-state index contributed by atoms with van der Waals surface area (Å²) in [6, 6.07) is 8.26. The van der Waals surface area contributed by atoms with Crippen molar-refractivity contribution in [2.24, 2.45) is 0 Å². The first-order chi connectivity index (χ1) is 8.60. The minimum absolute atomic E-state index is 0.0684. The molecule has 1 N–H and O–H groups in total. The fraction of sp³-hybridized carbons (Fsp3) is 0.154. The van der Waals surface area contributed by atoms with Gasteiger partial charge in [-0.2, -0.15) is 5.26 Å². The number of nitrogens with zero attached hydrogens (tertiary/aromatic N) is 1. The van der Waals surface area contributed by atoms with Crippen molar-refractivity contribution in [3.05, 3.63) is 50.4 Å². The number of nitrogens with one attached hydrogen (secondary N) is 1. The molecule has 0 saturated carbocycles. The van der Waals surface area contributed by atoms with Gasteiger partial charge in [0.05, 0.1) is 17.3 Å². The number of hydrogen-bond donors (Lipinski definition) is 1. The average Bonchev–Trinajstić information content (AvgIpc) is 2.78. The van der Waals surface area contributed by atoms with Gasteiger partial charge in [-0.15, -0.1) is 11.3 Å². The summed E-state index contributed by atoms with van der Waals surface area (Å²) < 4.78 is 14.1. The summed E-state index contributed by atoms with van der Waals surface area (Å²) >= 11 is 5.03. The highest BCUT2D eigenvalue weighted by Crippen LogP contribution is 2.29. The number of anilines is 1. The standard InChI is InChI=1S/C13H10BrFN2S/c1-8(13-5-10(14)7-18-13)17-12-3-2-11(15)4-9(12)6-16/h2-5,7-8,17H,1H3. The Bertz CT molecular complexity index is 603. The zero-order valence-corrected chi connectivity index (χ0v) is 12.0. The summed E-state index contributed by atoms with van der Waals surface area (Å²) in [7, 11) is 0. The maximum atomic E-state index is 13.0. The van der Waals surface area contributed by atoms with E-state index in [1.807, 2.05) is 24.4 Å². The Morgan fingerprint density at radius 1 is 1.44 bits per heavy atom. The van der Waals surface area contributed by atoms with Crippen LogP contribution >= 0.6 is 27.3 Å². The third-order valence-corrected chi connectivity index (χ3v) is 4.36. The Morgan fingerprint density at radius 3 is 2.83 bits per heavy atom. The molecule has 2 aromatic rings. The molecule has 0 bridgehead atoms. The number of benzene rings is 1. The SMILES string of the molecule is CC(Nc1ccc(F)cc1C#N)c1cc(Br)cs1. The van der Waals surface area contributed by atoms with Crippen molar-refractivity contribution in [2.45, 2.75) is 13.0 Å². The van der Waals surface area contributed by atoms with Crippen LogP contribution in [0.15, 0.2) is 34.1 Å². The molecule has 0 spiro atoms. The smallest absolute Gasteiger partial charge is 0.124 e.